The first-order chi connectivity index (χ1) is 9.52. The van der Waals surface area contributed by atoms with Gasteiger partial charge in [-0.2, -0.15) is 0 Å². The molecule has 0 aliphatic rings. The van der Waals surface area contributed by atoms with Crippen LogP contribution in [0.2, 0.25) is 0 Å². The van der Waals surface area contributed by atoms with E-state index in [4.69, 9.17) is 4.42 Å². The van der Waals surface area contributed by atoms with E-state index in [1.807, 2.05) is 17.9 Å². The molecular formula is C13H14N2O4S. The number of nitro groups is 1. The molecule has 7 heteroatoms. The molecule has 0 atom stereocenters. The van der Waals surface area contributed by atoms with Crippen molar-refractivity contribution in [1.82, 2.24) is 0 Å². The molecule has 20 heavy (non-hydrogen) atoms. The zero-order valence-corrected chi connectivity index (χ0v) is 12.0. The average Bonchev–Trinajstić information content (AvgIpc) is 3.04. The molecule has 0 saturated carbocycles. The van der Waals surface area contributed by atoms with Gasteiger partial charge in [0.2, 0.25) is 0 Å². The Balaban J connectivity index is 2.37. The van der Waals surface area contributed by atoms with Crippen LogP contribution in [0.5, 0.6) is 0 Å². The first-order valence-electron chi connectivity index (χ1n) is 6.09. The molecule has 0 aliphatic carbocycles. The zero-order valence-electron chi connectivity index (χ0n) is 11.2. The molecular weight excluding hydrogens is 280 g/mol. The molecule has 2 aromatic heterocycles. The Labute approximate surface area is 119 Å². The third-order valence-corrected chi connectivity index (χ3v) is 4.12. The summed E-state index contributed by atoms with van der Waals surface area (Å²) in [6, 6.07) is 4.92. The van der Waals surface area contributed by atoms with Gasteiger partial charge in [0, 0.05) is 12.6 Å². The van der Waals surface area contributed by atoms with Crippen molar-refractivity contribution in [2.75, 3.05) is 11.4 Å². The second-order valence-electron chi connectivity index (χ2n) is 4.21. The van der Waals surface area contributed by atoms with E-state index in [9.17, 15) is 14.9 Å². The Bertz CT molecular complexity index is 618. The van der Waals surface area contributed by atoms with Crippen LogP contribution in [-0.4, -0.2) is 17.3 Å². The highest BCUT2D eigenvalue weighted by Crippen LogP contribution is 2.38. The summed E-state index contributed by atoms with van der Waals surface area (Å²) < 4.78 is 5.27. The maximum Gasteiger partial charge on any atom is 0.304 e. The van der Waals surface area contributed by atoms with Crippen molar-refractivity contribution in [1.29, 1.82) is 0 Å². The molecule has 0 radical (unpaired) electrons. The van der Waals surface area contributed by atoms with E-state index in [0.717, 1.165) is 17.1 Å². The Kier molecular flexibility index (Phi) is 4.19. The molecule has 6 nitrogen and oxygen atoms in total. The molecule has 2 rings (SSSR count). The van der Waals surface area contributed by atoms with Crippen LogP contribution in [0, 0.1) is 10.1 Å². The second kappa shape index (κ2) is 5.87. The van der Waals surface area contributed by atoms with Crippen molar-refractivity contribution in [3.05, 3.63) is 45.2 Å². The topological polar surface area (TPSA) is 76.6 Å². The van der Waals surface area contributed by atoms with Crippen molar-refractivity contribution in [2.24, 2.45) is 0 Å². The Morgan fingerprint density at radius 2 is 2.30 bits per heavy atom. The Hall–Kier alpha value is -2.15. The minimum absolute atomic E-state index is 0.0337. The fraction of sp³-hybridized carbons (Fsp3) is 0.308. The van der Waals surface area contributed by atoms with Gasteiger partial charge in [0.05, 0.1) is 22.6 Å². The average molecular weight is 294 g/mol. The lowest BCUT2D eigenvalue weighted by Crippen LogP contribution is -2.21. The van der Waals surface area contributed by atoms with Gasteiger partial charge < -0.3 is 9.32 Å². The first-order valence-corrected chi connectivity index (χ1v) is 6.91. The van der Waals surface area contributed by atoms with Gasteiger partial charge in [-0.05, 0) is 26.0 Å². The van der Waals surface area contributed by atoms with Crippen molar-refractivity contribution in [2.45, 2.75) is 20.4 Å². The van der Waals surface area contributed by atoms with Gasteiger partial charge in [-0.1, -0.05) is 0 Å². The predicted molar refractivity (Wildman–Crippen MR) is 76.4 cm³/mol. The van der Waals surface area contributed by atoms with E-state index < -0.39 is 4.92 Å². The van der Waals surface area contributed by atoms with Gasteiger partial charge in [-0.3, -0.25) is 14.9 Å². The lowest BCUT2D eigenvalue weighted by atomic mass is 10.3. The van der Waals surface area contributed by atoms with Crippen LogP contribution in [0.15, 0.2) is 28.9 Å². The third kappa shape index (κ3) is 2.88. The highest BCUT2D eigenvalue weighted by molar-refractivity contribution is 7.18. The molecule has 0 N–H and O–H groups in total. The molecule has 2 aromatic rings. The lowest BCUT2D eigenvalue weighted by molar-refractivity contribution is -0.383. The van der Waals surface area contributed by atoms with E-state index in [0.29, 0.717) is 23.0 Å². The van der Waals surface area contributed by atoms with E-state index in [-0.39, 0.29) is 11.5 Å². The van der Waals surface area contributed by atoms with Crippen molar-refractivity contribution < 1.29 is 14.1 Å². The van der Waals surface area contributed by atoms with Gasteiger partial charge in [0.15, 0.2) is 10.8 Å². The summed E-state index contributed by atoms with van der Waals surface area (Å²) in [6.07, 6.45) is 1.56. The van der Waals surface area contributed by atoms with Crippen LogP contribution in [0.3, 0.4) is 0 Å². The van der Waals surface area contributed by atoms with Crippen molar-refractivity contribution in [3.8, 4) is 0 Å². The molecule has 0 aliphatic heterocycles. The minimum atomic E-state index is -0.455. The van der Waals surface area contributed by atoms with Crippen LogP contribution >= 0.6 is 11.3 Å². The summed E-state index contributed by atoms with van der Waals surface area (Å²) >= 11 is 1.14. The molecule has 0 unspecified atom stereocenters. The van der Waals surface area contributed by atoms with E-state index in [1.165, 1.54) is 13.0 Å². The van der Waals surface area contributed by atoms with E-state index in [1.54, 1.807) is 12.3 Å². The SMILES string of the molecule is CCN(Cc1ccco1)c1sc(C(C)=O)cc1[N+](=O)[O-]. The molecule has 2 heterocycles. The first kappa shape index (κ1) is 14.3. The molecule has 0 aromatic carbocycles. The summed E-state index contributed by atoms with van der Waals surface area (Å²) in [6.45, 7) is 4.32. The molecule has 0 spiro atoms. The minimum Gasteiger partial charge on any atom is -0.467 e. The van der Waals surface area contributed by atoms with Crippen LogP contribution in [0.4, 0.5) is 10.7 Å². The van der Waals surface area contributed by atoms with E-state index in [2.05, 4.69) is 0 Å². The standard InChI is InChI=1S/C13H14N2O4S/c1-3-14(8-10-5-4-6-19-10)13-11(15(17)18)7-12(20-13)9(2)16/h4-7H,3,8H2,1-2H3. The number of hydrogen-bond acceptors (Lipinski definition) is 6. The quantitative estimate of drug-likeness (QED) is 0.463. The van der Waals surface area contributed by atoms with Crippen LogP contribution in [0.25, 0.3) is 0 Å². The van der Waals surface area contributed by atoms with Crippen LogP contribution in [-0.2, 0) is 6.54 Å². The van der Waals surface area contributed by atoms with Gasteiger partial charge >= 0.3 is 5.69 Å². The number of thiophene rings is 1. The Morgan fingerprint density at radius 1 is 1.55 bits per heavy atom. The molecule has 106 valence electrons. The monoisotopic (exact) mass is 294 g/mol. The number of nitrogens with zero attached hydrogens (tertiary/aromatic N) is 2. The molecule has 0 amide bonds. The highest BCUT2D eigenvalue weighted by atomic mass is 32.1. The summed E-state index contributed by atoms with van der Waals surface area (Å²) in [5.74, 6) is 0.553. The number of carbonyl (C=O) groups excluding carboxylic acids is 1. The maximum absolute atomic E-state index is 11.4. The summed E-state index contributed by atoms with van der Waals surface area (Å²) in [5, 5.41) is 11.6. The molecule has 0 bridgehead atoms. The van der Waals surface area contributed by atoms with Gasteiger partial charge in [-0.25, -0.2) is 0 Å². The summed E-state index contributed by atoms with van der Waals surface area (Å²) in [7, 11) is 0. The number of ketones is 1. The van der Waals surface area contributed by atoms with Crippen LogP contribution < -0.4 is 4.90 Å². The third-order valence-electron chi connectivity index (χ3n) is 2.83. The number of Topliss-reactive ketones (excluding diaryl/α,β-unsaturated/α-hetero) is 1. The number of hydrogen-bond donors (Lipinski definition) is 0. The largest absolute Gasteiger partial charge is 0.467 e. The van der Waals surface area contributed by atoms with E-state index >= 15 is 0 Å². The number of carbonyl (C=O) groups is 1. The van der Waals surface area contributed by atoms with Gasteiger partial charge in [-0.15, -0.1) is 11.3 Å². The summed E-state index contributed by atoms with van der Waals surface area (Å²) in [4.78, 5) is 24.3. The second-order valence-corrected chi connectivity index (χ2v) is 5.24. The van der Waals surface area contributed by atoms with Crippen molar-refractivity contribution >= 4 is 27.8 Å². The van der Waals surface area contributed by atoms with Gasteiger partial charge in [0.1, 0.15) is 5.76 Å². The Morgan fingerprint density at radius 3 is 2.80 bits per heavy atom. The lowest BCUT2D eigenvalue weighted by Gasteiger charge is -2.19. The normalized spacial score (nSPS) is 10.5. The maximum atomic E-state index is 11.4. The number of anilines is 1. The number of rotatable bonds is 6. The van der Waals surface area contributed by atoms with Gasteiger partial charge in [0.25, 0.3) is 0 Å². The summed E-state index contributed by atoms with van der Waals surface area (Å²) in [5.41, 5.74) is -0.0337. The fourth-order valence-electron chi connectivity index (χ4n) is 1.82. The molecule has 0 saturated heterocycles. The number of furan rings is 1. The zero-order chi connectivity index (χ0) is 14.7. The smallest absolute Gasteiger partial charge is 0.304 e. The fourth-order valence-corrected chi connectivity index (χ4v) is 2.90. The molecule has 0 fully saturated rings. The van der Waals surface area contributed by atoms with Crippen LogP contribution in [0.1, 0.15) is 29.3 Å². The predicted octanol–water partition coefficient (Wildman–Crippen LogP) is 3.48. The van der Waals surface area contributed by atoms with Crippen molar-refractivity contribution in [3.63, 3.8) is 0 Å². The highest BCUT2D eigenvalue weighted by Gasteiger charge is 2.25.